The normalized spacial score (nSPS) is 12.9. The molecule has 1 aliphatic rings. The van der Waals surface area contributed by atoms with E-state index in [-0.39, 0.29) is 0 Å². The molecule has 0 unspecified atom stereocenters. The van der Waals surface area contributed by atoms with Gasteiger partial charge < -0.3 is 14.8 Å². The number of benzene rings is 2. The number of hydrogen-bond donors (Lipinski definition) is 1. The molecular formula is C22H18N2O2S. The number of nitrogens with zero attached hydrogens (tertiary/aromatic N) is 1. The van der Waals surface area contributed by atoms with Gasteiger partial charge in [-0.2, -0.15) is 0 Å². The summed E-state index contributed by atoms with van der Waals surface area (Å²) >= 11 is 1.75. The van der Waals surface area contributed by atoms with E-state index in [9.17, 15) is 0 Å². The van der Waals surface area contributed by atoms with Crippen LogP contribution >= 0.6 is 11.3 Å². The molecule has 0 aliphatic carbocycles. The SMILES string of the molecule is c1ccc(-c2csc3ccnc(NCc4ccc5c(c4)OCCO5)c23)cc1. The van der Waals surface area contributed by atoms with Crippen molar-refractivity contribution in [2.45, 2.75) is 6.54 Å². The van der Waals surface area contributed by atoms with Crippen molar-refractivity contribution in [3.63, 3.8) is 0 Å². The third kappa shape index (κ3) is 3.11. The van der Waals surface area contributed by atoms with Crippen LogP contribution < -0.4 is 14.8 Å². The summed E-state index contributed by atoms with van der Waals surface area (Å²) in [5.41, 5.74) is 3.56. The van der Waals surface area contributed by atoms with Crippen molar-refractivity contribution in [2.75, 3.05) is 18.5 Å². The van der Waals surface area contributed by atoms with Gasteiger partial charge in [-0.25, -0.2) is 4.98 Å². The first kappa shape index (κ1) is 16.1. The van der Waals surface area contributed by atoms with Crippen molar-refractivity contribution in [1.29, 1.82) is 0 Å². The molecule has 3 heterocycles. The molecule has 0 bridgehead atoms. The van der Waals surface area contributed by atoms with E-state index in [1.807, 2.05) is 24.4 Å². The lowest BCUT2D eigenvalue weighted by Crippen LogP contribution is -2.15. The Kier molecular flexibility index (Phi) is 4.14. The molecule has 0 radical (unpaired) electrons. The Bertz CT molecular complexity index is 1090. The lowest BCUT2D eigenvalue weighted by atomic mass is 10.1. The van der Waals surface area contributed by atoms with E-state index >= 15 is 0 Å². The van der Waals surface area contributed by atoms with E-state index in [1.54, 1.807) is 11.3 Å². The molecule has 134 valence electrons. The maximum atomic E-state index is 5.68. The van der Waals surface area contributed by atoms with Gasteiger partial charge in [-0.1, -0.05) is 36.4 Å². The monoisotopic (exact) mass is 374 g/mol. The fourth-order valence-corrected chi connectivity index (χ4v) is 4.29. The van der Waals surface area contributed by atoms with Crippen LogP contribution in [0.25, 0.3) is 21.2 Å². The molecule has 0 saturated heterocycles. The van der Waals surface area contributed by atoms with Gasteiger partial charge in [0, 0.05) is 28.4 Å². The lowest BCUT2D eigenvalue weighted by Gasteiger charge is -2.19. The minimum atomic E-state index is 0.597. The molecule has 1 aliphatic heterocycles. The first-order valence-electron chi connectivity index (χ1n) is 8.92. The standard InChI is InChI=1S/C22H18N2O2S/c1-2-4-16(5-3-1)17-14-27-20-8-9-23-22(21(17)20)24-13-15-6-7-18-19(12-15)26-11-10-25-18/h1-9,12,14H,10-11,13H2,(H,23,24). The van der Waals surface area contributed by atoms with Gasteiger partial charge in [0.2, 0.25) is 0 Å². The Labute approximate surface area is 161 Å². The highest BCUT2D eigenvalue weighted by Crippen LogP contribution is 2.38. The molecule has 4 nitrogen and oxygen atoms in total. The molecule has 2 aromatic carbocycles. The molecule has 1 N–H and O–H groups in total. The van der Waals surface area contributed by atoms with Crippen LogP contribution in [0, 0.1) is 0 Å². The summed E-state index contributed by atoms with van der Waals surface area (Å²) < 4.78 is 12.5. The smallest absolute Gasteiger partial charge is 0.161 e. The predicted molar refractivity (Wildman–Crippen MR) is 110 cm³/mol. The first-order chi connectivity index (χ1) is 13.4. The fraction of sp³-hybridized carbons (Fsp3) is 0.136. The number of ether oxygens (including phenoxy) is 2. The largest absolute Gasteiger partial charge is 0.486 e. The highest BCUT2D eigenvalue weighted by Gasteiger charge is 2.14. The summed E-state index contributed by atoms with van der Waals surface area (Å²) in [5, 5.41) is 6.88. The second-order valence-electron chi connectivity index (χ2n) is 6.38. The van der Waals surface area contributed by atoms with E-state index in [0.29, 0.717) is 19.8 Å². The van der Waals surface area contributed by atoms with Crippen molar-refractivity contribution in [3.8, 4) is 22.6 Å². The van der Waals surface area contributed by atoms with Gasteiger partial charge in [0.1, 0.15) is 19.0 Å². The average molecular weight is 374 g/mol. The van der Waals surface area contributed by atoms with E-state index < -0.39 is 0 Å². The topological polar surface area (TPSA) is 43.4 Å². The number of aromatic nitrogens is 1. The van der Waals surface area contributed by atoms with E-state index in [4.69, 9.17) is 9.47 Å². The van der Waals surface area contributed by atoms with Crippen molar-refractivity contribution in [2.24, 2.45) is 0 Å². The summed E-state index contributed by atoms with van der Waals surface area (Å²) in [5.74, 6) is 2.53. The van der Waals surface area contributed by atoms with Gasteiger partial charge in [-0.05, 0) is 34.7 Å². The maximum Gasteiger partial charge on any atom is 0.161 e. The van der Waals surface area contributed by atoms with Crippen molar-refractivity contribution < 1.29 is 9.47 Å². The third-order valence-corrected chi connectivity index (χ3v) is 5.58. The minimum Gasteiger partial charge on any atom is -0.486 e. The Morgan fingerprint density at radius 1 is 0.963 bits per heavy atom. The zero-order valence-electron chi connectivity index (χ0n) is 14.6. The Morgan fingerprint density at radius 3 is 2.70 bits per heavy atom. The van der Waals surface area contributed by atoms with Gasteiger partial charge in [0.15, 0.2) is 11.5 Å². The molecule has 27 heavy (non-hydrogen) atoms. The number of hydrogen-bond acceptors (Lipinski definition) is 5. The molecule has 5 rings (SSSR count). The summed E-state index contributed by atoms with van der Waals surface area (Å²) in [7, 11) is 0. The van der Waals surface area contributed by atoms with Gasteiger partial charge in [-0.15, -0.1) is 11.3 Å². The molecular weight excluding hydrogens is 356 g/mol. The second-order valence-corrected chi connectivity index (χ2v) is 7.29. The average Bonchev–Trinajstić information content (AvgIpc) is 3.17. The molecule has 0 saturated carbocycles. The summed E-state index contributed by atoms with van der Waals surface area (Å²) in [6, 6.07) is 18.6. The number of rotatable bonds is 4. The molecule has 2 aromatic heterocycles. The quantitative estimate of drug-likeness (QED) is 0.523. The van der Waals surface area contributed by atoms with Crippen molar-refractivity contribution in [1.82, 2.24) is 4.98 Å². The first-order valence-corrected chi connectivity index (χ1v) is 9.80. The van der Waals surface area contributed by atoms with E-state index in [1.165, 1.54) is 21.2 Å². The van der Waals surface area contributed by atoms with Crippen molar-refractivity contribution in [3.05, 3.63) is 71.7 Å². The van der Waals surface area contributed by atoms with Crippen LogP contribution in [0.4, 0.5) is 5.82 Å². The Hall–Kier alpha value is -3.05. The highest BCUT2D eigenvalue weighted by molar-refractivity contribution is 7.17. The predicted octanol–water partition coefficient (Wildman–Crippen LogP) is 5.35. The summed E-state index contributed by atoms with van der Waals surface area (Å²) in [6.07, 6.45) is 1.86. The van der Waals surface area contributed by atoms with Crippen molar-refractivity contribution >= 4 is 27.2 Å². The zero-order chi connectivity index (χ0) is 18.1. The van der Waals surface area contributed by atoms with Gasteiger partial charge in [0.05, 0.1) is 0 Å². The molecule has 0 amide bonds. The van der Waals surface area contributed by atoms with Crippen LogP contribution in [0.1, 0.15) is 5.56 Å². The van der Waals surface area contributed by atoms with E-state index in [0.717, 1.165) is 22.9 Å². The molecule has 0 spiro atoms. The Morgan fingerprint density at radius 2 is 1.81 bits per heavy atom. The maximum absolute atomic E-state index is 5.68. The molecule has 5 heteroatoms. The number of nitrogens with one attached hydrogen (secondary N) is 1. The molecule has 0 atom stereocenters. The van der Waals surface area contributed by atoms with Crippen LogP contribution in [0.5, 0.6) is 11.5 Å². The second kappa shape index (κ2) is 6.93. The van der Waals surface area contributed by atoms with Crippen LogP contribution in [0.15, 0.2) is 66.2 Å². The molecule has 0 fully saturated rings. The number of pyridine rings is 1. The third-order valence-electron chi connectivity index (χ3n) is 4.64. The molecule has 4 aromatic rings. The van der Waals surface area contributed by atoms with Crippen LogP contribution in [0.3, 0.4) is 0 Å². The van der Waals surface area contributed by atoms with Gasteiger partial charge >= 0.3 is 0 Å². The Balaban J connectivity index is 1.46. The van der Waals surface area contributed by atoms with Crippen LogP contribution in [-0.2, 0) is 6.54 Å². The van der Waals surface area contributed by atoms with Crippen LogP contribution in [-0.4, -0.2) is 18.2 Å². The summed E-state index contributed by atoms with van der Waals surface area (Å²) in [4.78, 5) is 4.61. The number of anilines is 1. The van der Waals surface area contributed by atoms with Crippen LogP contribution in [0.2, 0.25) is 0 Å². The zero-order valence-corrected chi connectivity index (χ0v) is 15.5. The van der Waals surface area contributed by atoms with E-state index in [2.05, 4.69) is 52.1 Å². The lowest BCUT2D eigenvalue weighted by molar-refractivity contribution is 0.171. The van der Waals surface area contributed by atoms with Gasteiger partial charge in [-0.3, -0.25) is 0 Å². The fourth-order valence-electron chi connectivity index (χ4n) is 3.33. The van der Waals surface area contributed by atoms with Gasteiger partial charge in [0.25, 0.3) is 0 Å². The number of thiophene rings is 1. The highest BCUT2D eigenvalue weighted by atomic mass is 32.1. The summed E-state index contributed by atoms with van der Waals surface area (Å²) in [6.45, 7) is 1.88. The minimum absolute atomic E-state index is 0.597. The number of fused-ring (bicyclic) bond motifs is 2.